The lowest BCUT2D eigenvalue weighted by Gasteiger charge is -2.06. The molecule has 2 aromatic rings. The van der Waals surface area contributed by atoms with Crippen molar-refractivity contribution in [3.8, 4) is 23.3 Å². The molecule has 1 aromatic heterocycles. The molecule has 2 rings (SSSR count). The van der Waals surface area contributed by atoms with Crippen LogP contribution in [0.25, 0.3) is 11.5 Å². The lowest BCUT2D eigenvalue weighted by atomic mass is 10.1. The molecule has 0 atom stereocenters. The van der Waals surface area contributed by atoms with Crippen LogP contribution in [0.1, 0.15) is 18.9 Å². The molecule has 0 N–H and O–H groups in total. The average molecular weight is 229 g/mol. The lowest BCUT2D eigenvalue weighted by molar-refractivity contribution is 0.316. The summed E-state index contributed by atoms with van der Waals surface area (Å²) < 4.78 is 10.5. The summed E-state index contributed by atoms with van der Waals surface area (Å²) in [7, 11) is 0. The van der Waals surface area contributed by atoms with Gasteiger partial charge in [-0.1, -0.05) is 6.92 Å². The Balaban J connectivity index is 2.32. The monoisotopic (exact) mass is 229 g/mol. The van der Waals surface area contributed by atoms with Crippen molar-refractivity contribution in [2.75, 3.05) is 6.61 Å². The fourth-order valence-electron chi connectivity index (χ4n) is 1.39. The van der Waals surface area contributed by atoms with Gasteiger partial charge in [0.25, 0.3) is 0 Å². The Morgan fingerprint density at radius 3 is 3.00 bits per heavy atom. The predicted molar refractivity (Wildman–Crippen MR) is 60.2 cm³/mol. The highest BCUT2D eigenvalue weighted by Gasteiger charge is 2.09. The number of nitriles is 1. The number of hydrogen-bond acceptors (Lipinski definition) is 5. The molecule has 0 aliphatic heterocycles. The van der Waals surface area contributed by atoms with Gasteiger partial charge in [0.1, 0.15) is 11.8 Å². The summed E-state index contributed by atoms with van der Waals surface area (Å²) in [6.07, 6.45) is 2.15. The van der Waals surface area contributed by atoms with Crippen molar-refractivity contribution in [1.29, 1.82) is 5.26 Å². The van der Waals surface area contributed by atoms with Crippen molar-refractivity contribution in [2.45, 2.75) is 13.3 Å². The van der Waals surface area contributed by atoms with E-state index < -0.39 is 0 Å². The molecular formula is C12H11N3O2. The molecule has 0 spiro atoms. The van der Waals surface area contributed by atoms with Gasteiger partial charge in [-0.2, -0.15) is 5.26 Å². The quantitative estimate of drug-likeness (QED) is 0.804. The van der Waals surface area contributed by atoms with Gasteiger partial charge in [-0.3, -0.25) is 0 Å². The van der Waals surface area contributed by atoms with Crippen LogP contribution in [0.4, 0.5) is 0 Å². The van der Waals surface area contributed by atoms with E-state index in [-0.39, 0.29) is 0 Å². The van der Waals surface area contributed by atoms with E-state index in [0.717, 1.165) is 6.42 Å². The van der Waals surface area contributed by atoms with Crippen molar-refractivity contribution in [3.63, 3.8) is 0 Å². The molecule has 0 bridgehead atoms. The van der Waals surface area contributed by atoms with E-state index in [0.29, 0.717) is 29.4 Å². The third kappa shape index (κ3) is 2.42. The molecule has 5 heteroatoms. The molecular weight excluding hydrogens is 218 g/mol. The van der Waals surface area contributed by atoms with Crippen LogP contribution in [0.15, 0.2) is 29.0 Å². The first-order chi connectivity index (χ1) is 8.35. The summed E-state index contributed by atoms with van der Waals surface area (Å²) in [4.78, 5) is 0. The zero-order chi connectivity index (χ0) is 12.1. The molecule has 0 aliphatic rings. The second-order valence-electron chi connectivity index (χ2n) is 3.42. The van der Waals surface area contributed by atoms with Gasteiger partial charge in [0.2, 0.25) is 12.3 Å². The third-order valence-electron chi connectivity index (χ3n) is 2.17. The highest BCUT2D eigenvalue weighted by atomic mass is 16.5. The topological polar surface area (TPSA) is 71.9 Å². The van der Waals surface area contributed by atoms with Crippen LogP contribution in [-0.4, -0.2) is 16.8 Å². The molecule has 0 amide bonds. The number of hydrogen-bond donors (Lipinski definition) is 0. The molecule has 0 radical (unpaired) electrons. The Morgan fingerprint density at radius 1 is 1.47 bits per heavy atom. The summed E-state index contributed by atoms with van der Waals surface area (Å²) >= 11 is 0. The van der Waals surface area contributed by atoms with E-state index in [2.05, 4.69) is 16.3 Å². The summed E-state index contributed by atoms with van der Waals surface area (Å²) in [5, 5.41) is 16.4. The smallest absolute Gasteiger partial charge is 0.247 e. The largest absolute Gasteiger partial charge is 0.492 e. The number of nitrogens with zero attached hydrogens (tertiary/aromatic N) is 3. The van der Waals surface area contributed by atoms with Crippen LogP contribution in [0.5, 0.6) is 5.75 Å². The van der Waals surface area contributed by atoms with E-state index in [1.54, 1.807) is 18.2 Å². The standard InChI is InChI=1S/C12H11N3O2/c1-2-5-16-11-4-3-9(6-10(11)7-13)12-15-14-8-17-12/h3-4,6,8H,2,5H2,1H3. The first kappa shape index (κ1) is 11.1. The molecule has 5 nitrogen and oxygen atoms in total. The maximum absolute atomic E-state index is 9.04. The van der Waals surface area contributed by atoms with E-state index in [1.807, 2.05) is 6.92 Å². The molecule has 1 heterocycles. The Labute approximate surface area is 98.7 Å². The maximum Gasteiger partial charge on any atom is 0.247 e. The van der Waals surface area contributed by atoms with E-state index in [1.165, 1.54) is 6.39 Å². The fraction of sp³-hybridized carbons (Fsp3) is 0.250. The van der Waals surface area contributed by atoms with Gasteiger partial charge < -0.3 is 9.15 Å². The molecule has 86 valence electrons. The minimum absolute atomic E-state index is 0.392. The van der Waals surface area contributed by atoms with Crippen molar-refractivity contribution in [1.82, 2.24) is 10.2 Å². The molecule has 1 aromatic carbocycles. The van der Waals surface area contributed by atoms with Gasteiger partial charge in [0.05, 0.1) is 12.2 Å². The zero-order valence-electron chi connectivity index (χ0n) is 9.38. The SMILES string of the molecule is CCCOc1ccc(-c2nnco2)cc1C#N. The Bertz CT molecular complexity index is 529. The van der Waals surface area contributed by atoms with Gasteiger partial charge >= 0.3 is 0 Å². The van der Waals surface area contributed by atoms with Gasteiger partial charge in [-0.15, -0.1) is 10.2 Å². The van der Waals surface area contributed by atoms with Crippen LogP contribution in [0.3, 0.4) is 0 Å². The van der Waals surface area contributed by atoms with Gasteiger partial charge in [0.15, 0.2) is 0 Å². The normalized spacial score (nSPS) is 9.88. The lowest BCUT2D eigenvalue weighted by Crippen LogP contribution is -1.97. The van der Waals surface area contributed by atoms with Gasteiger partial charge in [-0.25, -0.2) is 0 Å². The summed E-state index contributed by atoms with van der Waals surface area (Å²) in [6, 6.07) is 7.31. The minimum atomic E-state index is 0.392. The first-order valence-corrected chi connectivity index (χ1v) is 5.28. The number of benzene rings is 1. The summed E-state index contributed by atoms with van der Waals surface area (Å²) in [5.74, 6) is 0.973. The van der Waals surface area contributed by atoms with Crippen molar-refractivity contribution in [3.05, 3.63) is 30.2 Å². The van der Waals surface area contributed by atoms with Crippen molar-refractivity contribution < 1.29 is 9.15 Å². The third-order valence-corrected chi connectivity index (χ3v) is 2.17. The van der Waals surface area contributed by atoms with Crippen LogP contribution in [-0.2, 0) is 0 Å². The van der Waals surface area contributed by atoms with Crippen LogP contribution in [0, 0.1) is 11.3 Å². The predicted octanol–water partition coefficient (Wildman–Crippen LogP) is 2.40. The molecule has 0 saturated heterocycles. The number of rotatable bonds is 4. The highest BCUT2D eigenvalue weighted by molar-refractivity contribution is 5.59. The Kier molecular flexibility index (Phi) is 3.36. The molecule has 17 heavy (non-hydrogen) atoms. The molecule has 0 aliphatic carbocycles. The second-order valence-corrected chi connectivity index (χ2v) is 3.42. The second kappa shape index (κ2) is 5.12. The van der Waals surface area contributed by atoms with Gasteiger partial charge in [-0.05, 0) is 24.6 Å². The van der Waals surface area contributed by atoms with Gasteiger partial charge in [0, 0.05) is 5.56 Å². The van der Waals surface area contributed by atoms with Crippen molar-refractivity contribution in [2.24, 2.45) is 0 Å². The van der Waals surface area contributed by atoms with Crippen LogP contribution >= 0.6 is 0 Å². The maximum atomic E-state index is 9.04. The van der Waals surface area contributed by atoms with Crippen LogP contribution < -0.4 is 4.74 Å². The minimum Gasteiger partial charge on any atom is -0.492 e. The number of ether oxygens (including phenoxy) is 1. The summed E-state index contributed by atoms with van der Waals surface area (Å²) in [6.45, 7) is 2.60. The van der Waals surface area contributed by atoms with E-state index in [9.17, 15) is 0 Å². The fourth-order valence-corrected chi connectivity index (χ4v) is 1.39. The Morgan fingerprint density at radius 2 is 2.35 bits per heavy atom. The summed E-state index contributed by atoms with van der Waals surface area (Å²) in [5.41, 5.74) is 1.18. The molecule has 0 unspecified atom stereocenters. The van der Waals surface area contributed by atoms with E-state index >= 15 is 0 Å². The first-order valence-electron chi connectivity index (χ1n) is 5.28. The number of aromatic nitrogens is 2. The molecule has 0 fully saturated rings. The highest BCUT2D eigenvalue weighted by Crippen LogP contribution is 2.25. The zero-order valence-corrected chi connectivity index (χ0v) is 9.38. The van der Waals surface area contributed by atoms with Crippen LogP contribution in [0.2, 0.25) is 0 Å². The van der Waals surface area contributed by atoms with E-state index in [4.69, 9.17) is 14.4 Å². The Hall–Kier alpha value is -2.35. The molecule has 0 saturated carbocycles. The average Bonchev–Trinajstić information content (AvgIpc) is 2.90. The van der Waals surface area contributed by atoms with Crippen molar-refractivity contribution >= 4 is 0 Å².